The van der Waals surface area contributed by atoms with Gasteiger partial charge in [-0.15, -0.1) is 0 Å². The summed E-state index contributed by atoms with van der Waals surface area (Å²) in [6, 6.07) is 10.8. The lowest BCUT2D eigenvalue weighted by Crippen LogP contribution is -2.50. The molecule has 1 aliphatic rings. The van der Waals surface area contributed by atoms with Crippen LogP contribution < -0.4 is 10.2 Å². The van der Waals surface area contributed by atoms with E-state index in [1.807, 2.05) is 0 Å². The van der Waals surface area contributed by atoms with E-state index in [0.717, 1.165) is 26.2 Å². The standard InChI is InChI=1S/C18H31N3/c1-4-10-19-15-18(2,3)16-20-11-13-21(14-12-20)17-8-6-5-7-9-17/h5-9,19H,4,10-16H2,1-3H3. The Kier molecular flexibility index (Phi) is 6.07. The molecule has 3 heteroatoms. The lowest BCUT2D eigenvalue weighted by Gasteiger charge is -2.40. The van der Waals surface area contributed by atoms with E-state index in [0.29, 0.717) is 5.41 Å². The summed E-state index contributed by atoms with van der Waals surface area (Å²) in [6.07, 6.45) is 1.21. The molecular formula is C18H31N3. The maximum Gasteiger partial charge on any atom is 0.0367 e. The quantitative estimate of drug-likeness (QED) is 0.779. The number of nitrogens with zero attached hydrogens (tertiary/aromatic N) is 2. The molecule has 3 nitrogen and oxygen atoms in total. The molecule has 0 atom stereocenters. The number of para-hydroxylation sites is 1. The first-order valence-corrected chi connectivity index (χ1v) is 8.34. The van der Waals surface area contributed by atoms with Gasteiger partial charge in [-0.25, -0.2) is 0 Å². The molecule has 0 saturated carbocycles. The highest BCUT2D eigenvalue weighted by atomic mass is 15.3. The molecule has 21 heavy (non-hydrogen) atoms. The van der Waals surface area contributed by atoms with Gasteiger partial charge in [-0.1, -0.05) is 39.0 Å². The molecule has 0 unspecified atom stereocenters. The SMILES string of the molecule is CCCNCC(C)(C)CN1CCN(c2ccccc2)CC1. The fraction of sp³-hybridized carbons (Fsp3) is 0.667. The Hall–Kier alpha value is -1.06. The third kappa shape index (κ3) is 5.33. The highest BCUT2D eigenvalue weighted by Crippen LogP contribution is 2.20. The van der Waals surface area contributed by atoms with Crippen LogP contribution in [0.4, 0.5) is 5.69 Å². The Morgan fingerprint density at radius 3 is 2.33 bits per heavy atom. The van der Waals surface area contributed by atoms with E-state index in [2.05, 4.69) is 66.2 Å². The molecule has 2 rings (SSSR count). The molecule has 1 aromatic carbocycles. The average molecular weight is 289 g/mol. The third-order valence-corrected chi connectivity index (χ3v) is 4.18. The van der Waals surface area contributed by atoms with Crippen molar-refractivity contribution in [1.82, 2.24) is 10.2 Å². The monoisotopic (exact) mass is 289 g/mol. The van der Waals surface area contributed by atoms with Crippen molar-refractivity contribution in [3.8, 4) is 0 Å². The van der Waals surface area contributed by atoms with Gasteiger partial charge in [0.15, 0.2) is 0 Å². The summed E-state index contributed by atoms with van der Waals surface area (Å²) >= 11 is 0. The maximum absolute atomic E-state index is 3.56. The molecule has 1 aliphatic heterocycles. The fourth-order valence-electron chi connectivity index (χ4n) is 3.07. The Bertz CT molecular complexity index is 394. The van der Waals surface area contributed by atoms with Gasteiger partial charge in [-0.3, -0.25) is 4.90 Å². The van der Waals surface area contributed by atoms with Gasteiger partial charge in [0.25, 0.3) is 0 Å². The van der Waals surface area contributed by atoms with Gasteiger partial charge in [0.1, 0.15) is 0 Å². The second kappa shape index (κ2) is 7.81. The predicted octanol–water partition coefficient (Wildman–Crippen LogP) is 2.83. The number of rotatable bonds is 7. The van der Waals surface area contributed by atoms with Crippen molar-refractivity contribution in [3.05, 3.63) is 30.3 Å². The third-order valence-electron chi connectivity index (χ3n) is 4.18. The van der Waals surface area contributed by atoms with Crippen LogP contribution in [-0.4, -0.2) is 50.7 Å². The lowest BCUT2D eigenvalue weighted by molar-refractivity contribution is 0.167. The second-order valence-corrected chi connectivity index (χ2v) is 6.94. The molecule has 1 aromatic rings. The minimum Gasteiger partial charge on any atom is -0.369 e. The van der Waals surface area contributed by atoms with Gasteiger partial charge in [-0.2, -0.15) is 0 Å². The first-order chi connectivity index (χ1) is 10.1. The van der Waals surface area contributed by atoms with Crippen LogP contribution in [0.2, 0.25) is 0 Å². The Morgan fingerprint density at radius 2 is 1.71 bits per heavy atom. The Morgan fingerprint density at radius 1 is 1.05 bits per heavy atom. The van der Waals surface area contributed by atoms with E-state index in [9.17, 15) is 0 Å². The number of anilines is 1. The molecule has 0 aromatic heterocycles. The molecule has 0 bridgehead atoms. The van der Waals surface area contributed by atoms with Crippen LogP contribution >= 0.6 is 0 Å². The van der Waals surface area contributed by atoms with Crippen LogP contribution in [0.3, 0.4) is 0 Å². The first-order valence-electron chi connectivity index (χ1n) is 8.34. The summed E-state index contributed by atoms with van der Waals surface area (Å²) in [6.45, 7) is 15.0. The van der Waals surface area contributed by atoms with Crippen molar-refractivity contribution in [2.24, 2.45) is 5.41 Å². The van der Waals surface area contributed by atoms with Crippen LogP contribution in [0.25, 0.3) is 0 Å². The number of piperazine rings is 1. The smallest absolute Gasteiger partial charge is 0.0367 e. The minimum atomic E-state index is 0.351. The van der Waals surface area contributed by atoms with E-state index in [1.54, 1.807) is 0 Å². The van der Waals surface area contributed by atoms with Gasteiger partial charge >= 0.3 is 0 Å². The van der Waals surface area contributed by atoms with Crippen molar-refractivity contribution in [3.63, 3.8) is 0 Å². The van der Waals surface area contributed by atoms with E-state index < -0.39 is 0 Å². The number of benzene rings is 1. The lowest BCUT2D eigenvalue weighted by atomic mass is 9.92. The average Bonchev–Trinajstić information content (AvgIpc) is 2.49. The summed E-state index contributed by atoms with van der Waals surface area (Å²) in [7, 11) is 0. The number of nitrogens with one attached hydrogen (secondary N) is 1. The maximum atomic E-state index is 3.56. The van der Waals surface area contributed by atoms with E-state index in [4.69, 9.17) is 0 Å². The zero-order valence-corrected chi connectivity index (χ0v) is 13.9. The molecule has 0 spiro atoms. The number of hydrogen-bond donors (Lipinski definition) is 1. The number of hydrogen-bond acceptors (Lipinski definition) is 3. The molecule has 1 heterocycles. The van der Waals surface area contributed by atoms with Crippen LogP contribution in [0.1, 0.15) is 27.2 Å². The van der Waals surface area contributed by atoms with Crippen molar-refractivity contribution >= 4 is 5.69 Å². The second-order valence-electron chi connectivity index (χ2n) is 6.94. The molecule has 1 saturated heterocycles. The van der Waals surface area contributed by atoms with Crippen LogP contribution in [0, 0.1) is 5.41 Å². The van der Waals surface area contributed by atoms with Gasteiger partial charge in [0, 0.05) is 45.0 Å². The largest absolute Gasteiger partial charge is 0.369 e. The van der Waals surface area contributed by atoms with E-state index in [1.165, 1.54) is 31.7 Å². The van der Waals surface area contributed by atoms with Gasteiger partial charge < -0.3 is 10.2 Å². The minimum absolute atomic E-state index is 0.351. The Balaban J connectivity index is 1.76. The van der Waals surface area contributed by atoms with Gasteiger partial charge in [-0.05, 0) is 30.5 Å². The summed E-state index contributed by atoms with van der Waals surface area (Å²) in [4.78, 5) is 5.12. The topological polar surface area (TPSA) is 18.5 Å². The molecular weight excluding hydrogens is 258 g/mol. The summed E-state index contributed by atoms with van der Waals surface area (Å²) in [5.74, 6) is 0. The van der Waals surface area contributed by atoms with E-state index >= 15 is 0 Å². The molecule has 118 valence electrons. The van der Waals surface area contributed by atoms with Gasteiger partial charge in [0.2, 0.25) is 0 Å². The fourth-order valence-corrected chi connectivity index (χ4v) is 3.07. The normalized spacial score (nSPS) is 17.2. The van der Waals surface area contributed by atoms with Crippen molar-refractivity contribution < 1.29 is 0 Å². The molecule has 0 amide bonds. The van der Waals surface area contributed by atoms with Crippen molar-refractivity contribution in [1.29, 1.82) is 0 Å². The van der Waals surface area contributed by atoms with Crippen LogP contribution in [0.15, 0.2) is 30.3 Å². The van der Waals surface area contributed by atoms with Crippen molar-refractivity contribution in [2.45, 2.75) is 27.2 Å². The highest BCUT2D eigenvalue weighted by molar-refractivity contribution is 5.46. The van der Waals surface area contributed by atoms with Crippen LogP contribution in [-0.2, 0) is 0 Å². The van der Waals surface area contributed by atoms with Gasteiger partial charge in [0.05, 0.1) is 0 Å². The highest BCUT2D eigenvalue weighted by Gasteiger charge is 2.24. The molecule has 0 aliphatic carbocycles. The molecule has 1 N–H and O–H groups in total. The molecule has 0 radical (unpaired) electrons. The zero-order valence-electron chi connectivity index (χ0n) is 13.9. The van der Waals surface area contributed by atoms with E-state index in [-0.39, 0.29) is 0 Å². The zero-order chi connectivity index (χ0) is 15.1. The Labute approximate surface area is 130 Å². The summed E-state index contributed by atoms with van der Waals surface area (Å²) in [5.41, 5.74) is 1.71. The first kappa shape index (κ1) is 16.3. The molecule has 1 fully saturated rings. The van der Waals surface area contributed by atoms with Crippen molar-refractivity contribution in [2.75, 3.05) is 50.7 Å². The summed E-state index contributed by atoms with van der Waals surface area (Å²) < 4.78 is 0. The summed E-state index contributed by atoms with van der Waals surface area (Å²) in [5, 5.41) is 3.56. The van der Waals surface area contributed by atoms with Crippen LogP contribution in [0.5, 0.6) is 0 Å². The predicted molar refractivity (Wildman–Crippen MR) is 92.0 cm³/mol.